The van der Waals surface area contributed by atoms with Crippen molar-refractivity contribution in [2.24, 2.45) is 0 Å². The molecule has 1 heterocycles. The second-order valence-corrected chi connectivity index (χ2v) is 6.45. The number of methoxy groups -OCH3 is 1. The van der Waals surface area contributed by atoms with Crippen molar-refractivity contribution in [2.75, 3.05) is 7.11 Å². The second kappa shape index (κ2) is 7.00. The summed E-state index contributed by atoms with van der Waals surface area (Å²) in [7, 11) is 1.58. The Morgan fingerprint density at radius 3 is 2.75 bits per heavy atom. The van der Waals surface area contributed by atoms with Gasteiger partial charge in [0.2, 0.25) is 0 Å². The molecule has 120 valence electrons. The van der Waals surface area contributed by atoms with Crippen LogP contribution >= 0.6 is 23.4 Å². The summed E-state index contributed by atoms with van der Waals surface area (Å²) in [6, 6.07) is 14.8. The quantitative estimate of drug-likeness (QED) is 0.705. The monoisotopic (exact) mass is 356 g/mol. The summed E-state index contributed by atoms with van der Waals surface area (Å²) in [4.78, 5) is 15.0. The third kappa shape index (κ3) is 3.12. The van der Waals surface area contributed by atoms with Gasteiger partial charge in [0.15, 0.2) is 0 Å². The third-order valence-corrected chi connectivity index (χ3v) is 5.07. The summed E-state index contributed by atoms with van der Waals surface area (Å²) in [5.41, 5.74) is 0.692. The summed E-state index contributed by atoms with van der Waals surface area (Å²) in [5.74, 6) is 1.27. The van der Waals surface area contributed by atoms with Crippen LogP contribution in [0.3, 0.4) is 0 Å². The number of aromatic nitrogens is 1. The van der Waals surface area contributed by atoms with Gasteiger partial charge in [-0.25, -0.2) is 0 Å². The van der Waals surface area contributed by atoms with Crippen molar-refractivity contribution in [3.63, 3.8) is 0 Å². The molecule has 1 N–H and O–H groups in total. The number of nitrogens with zero attached hydrogens (tertiary/aromatic N) is 1. The predicted octanol–water partition coefficient (Wildman–Crippen LogP) is 4.35. The van der Waals surface area contributed by atoms with Crippen LogP contribution in [0.4, 0.5) is 0 Å². The molecular formula is C18H13ClN2O2S. The molecule has 2 aromatic carbocycles. The minimum absolute atomic E-state index is 0.106. The van der Waals surface area contributed by atoms with Crippen molar-refractivity contribution >= 4 is 34.1 Å². The lowest BCUT2D eigenvalue weighted by Crippen LogP contribution is -2.11. The number of benzene rings is 2. The summed E-state index contributed by atoms with van der Waals surface area (Å²) >= 11 is 7.65. The minimum Gasteiger partial charge on any atom is -0.497 e. The number of hydrogen-bond acceptors (Lipinski definition) is 4. The standard InChI is InChI=1S/C18H13ClN2O2S/c1-23-12-6-7-13-14(8-12)18(21-17(22)15(13)9-20)24-10-11-4-2-3-5-16(11)19/h2-8H,10H2,1H3,(H,21,22). The molecule has 24 heavy (non-hydrogen) atoms. The number of aromatic amines is 1. The number of nitrogens with one attached hydrogen (secondary N) is 1. The summed E-state index contributed by atoms with van der Waals surface area (Å²) in [6.45, 7) is 0. The molecule has 1 aromatic heterocycles. The van der Waals surface area contributed by atoms with Gasteiger partial charge in [-0.1, -0.05) is 29.8 Å². The molecule has 0 bridgehead atoms. The largest absolute Gasteiger partial charge is 0.497 e. The van der Waals surface area contributed by atoms with E-state index < -0.39 is 5.56 Å². The van der Waals surface area contributed by atoms with Gasteiger partial charge in [0.05, 0.1) is 12.1 Å². The van der Waals surface area contributed by atoms with Crippen LogP contribution in [0.15, 0.2) is 52.3 Å². The first kappa shape index (κ1) is 16.4. The Bertz CT molecular complexity index is 1010. The Morgan fingerprint density at radius 2 is 2.04 bits per heavy atom. The first-order chi connectivity index (χ1) is 11.6. The minimum atomic E-state index is -0.392. The van der Waals surface area contributed by atoms with Crippen molar-refractivity contribution in [3.05, 3.63) is 69.0 Å². The molecular weight excluding hydrogens is 344 g/mol. The Hall–Kier alpha value is -2.42. The average molecular weight is 357 g/mol. The topological polar surface area (TPSA) is 65.9 Å². The highest BCUT2D eigenvalue weighted by Gasteiger charge is 2.13. The van der Waals surface area contributed by atoms with E-state index >= 15 is 0 Å². The van der Waals surface area contributed by atoms with Crippen molar-refractivity contribution in [2.45, 2.75) is 10.8 Å². The Kier molecular flexibility index (Phi) is 4.79. The number of H-pyrrole nitrogens is 1. The molecule has 0 aliphatic carbocycles. The highest BCUT2D eigenvalue weighted by atomic mass is 35.5. The van der Waals surface area contributed by atoms with Gasteiger partial charge in [0, 0.05) is 21.5 Å². The van der Waals surface area contributed by atoms with E-state index in [1.165, 1.54) is 11.8 Å². The molecule has 6 heteroatoms. The highest BCUT2D eigenvalue weighted by molar-refractivity contribution is 7.98. The Labute approximate surface area is 148 Å². The van der Waals surface area contributed by atoms with Crippen LogP contribution in [0, 0.1) is 11.3 Å². The maximum atomic E-state index is 12.2. The van der Waals surface area contributed by atoms with Gasteiger partial charge in [0.25, 0.3) is 5.56 Å². The molecule has 0 saturated heterocycles. The van der Waals surface area contributed by atoms with Crippen LogP contribution in [0.1, 0.15) is 11.1 Å². The first-order valence-corrected chi connectivity index (χ1v) is 8.50. The zero-order chi connectivity index (χ0) is 17.1. The molecule has 0 atom stereocenters. The zero-order valence-corrected chi connectivity index (χ0v) is 14.4. The Balaban J connectivity index is 2.08. The molecule has 0 spiro atoms. The van der Waals surface area contributed by atoms with E-state index in [9.17, 15) is 10.1 Å². The van der Waals surface area contributed by atoms with Gasteiger partial charge in [0.1, 0.15) is 17.4 Å². The van der Waals surface area contributed by atoms with Crippen LogP contribution in [-0.4, -0.2) is 12.1 Å². The maximum Gasteiger partial charge on any atom is 0.267 e. The number of hydrogen-bond donors (Lipinski definition) is 1. The van der Waals surface area contributed by atoms with E-state index in [-0.39, 0.29) is 5.56 Å². The van der Waals surface area contributed by atoms with Gasteiger partial charge >= 0.3 is 0 Å². The molecule has 0 saturated carbocycles. The van der Waals surface area contributed by atoms with E-state index in [1.807, 2.05) is 36.4 Å². The van der Waals surface area contributed by atoms with Crippen LogP contribution < -0.4 is 10.3 Å². The number of rotatable bonds is 4. The fourth-order valence-electron chi connectivity index (χ4n) is 2.40. The smallest absolute Gasteiger partial charge is 0.267 e. The Morgan fingerprint density at radius 1 is 1.25 bits per heavy atom. The van der Waals surface area contributed by atoms with Crippen LogP contribution in [0.25, 0.3) is 10.8 Å². The number of pyridine rings is 1. The van der Waals surface area contributed by atoms with Gasteiger partial charge in [-0.05, 0) is 29.8 Å². The van der Waals surface area contributed by atoms with E-state index in [2.05, 4.69) is 4.98 Å². The van der Waals surface area contributed by atoms with E-state index in [1.54, 1.807) is 19.2 Å². The average Bonchev–Trinajstić information content (AvgIpc) is 2.60. The van der Waals surface area contributed by atoms with Crippen LogP contribution in [0.2, 0.25) is 5.02 Å². The van der Waals surface area contributed by atoms with Gasteiger partial charge in [-0.3, -0.25) is 4.79 Å². The van der Waals surface area contributed by atoms with Crippen molar-refractivity contribution in [1.82, 2.24) is 4.98 Å². The molecule has 0 radical (unpaired) electrons. The van der Waals surface area contributed by atoms with E-state index in [0.29, 0.717) is 26.9 Å². The van der Waals surface area contributed by atoms with Crippen molar-refractivity contribution in [1.29, 1.82) is 5.26 Å². The molecule has 3 aromatic rings. The number of nitriles is 1. The molecule has 3 rings (SSSR count). The fraction of sp³-hybridized carbons (Fsp3) is 0.111. The molecule has 0 unspecified atom stereocenters. The van der Waals surface area contributed by atoms with Gasteiger partial charge in [-0.15, -0.1) is 11.8 Å². The second-order valence-electron chi connectivity index (χ2n) is 5.06. The molecule has 0 aliphatic rings. The van der Waals surface area contributed by atoms with E-state index in [0.717, 1.165) is 10.9 Å². The van der Waals surface area contributed by atoms with Crippen molar-refractivity contribution < 1.29 is 4.74 Å². The predicted molar refractivity (Wildman–Crippen MR) is 96.8 cm³/mol. The first-order valence-electron chi connectivity index (χ1n) is 7.14. The van der Waals surface area contributed by atoms with Crippen LogP contribution in [-0.2, 0) is 5.75 Å². The molecule has 0 fully saturated rings. The highest BCUT2D eigenvalue weighted by Crippen LogP contribution is 2.32. The lowest BCUT2D eigenvalue weighted by atomic mass is 10.1. The number of fused-ring (bicyclic) bond motifs is 1. The summed E-state index contributed by atoms with van der Waals surface area (Å²) in [5, 5.41) is 12.0. The van der Waals surface area contributed by atoms with Gasteiger partial charge in [-0.2, -0.15) is 5.26 Å². The third-order valence-electron chi connectivity index (χ3n) is 3.64. The van der Waals surface area contributed by atoms with Crippen LogP contribution in [0.5, 0.6) is 5.75 Å². The maximum absolute atomic E-state index is 12.2. The molecule has 0 aliphatic heterocycles. The number of thioether (sulfide) groups is 1. The lowest BCUT2D eigenvalue weighted by molar-refractivity contribution is 0.415. The summed E-state index contributed by atoms with van der Waals surface area (Å²) in [6.07, 6.45) is 0. The zero-order valence-electron chi connectivity index (χ0n) is 12.8. The summed E-state index contributed by atoms with van der Waals surface area (Å²) < 4.78 is 5.26. The molecule has 4 nitrogen and oxygen atoms in total. The van der Waals surface area contributed by atoms with Crippen molar-refractivity contribution in [3.8, 4) is 11.8 Å². The fourth-order valence-corrected chi connectivity index (χ4v) is 3.72. The normalized spacial score (nSPS) is 10.5. The molecule has 0 amide bonds. The number of halogens is 1. The number of ether oxygens (including phenoxy) is 1. The van der Waals surface area contributed by atoms with Gasteiger partial charge < -0.3 is 9.72 Å². The SMILES string of the molecule is COc1ccc2c(C#N)c(=O)[nH]c(SCc3ccccc3Cl)c2c1. The van der Waals surface area contributed by atoms with E-state index in [4.69, 9.17) is 16.3 Å². The lowest BCUT2D eigenvalue weighted by Gasteiger charge is -2.10.